The Labute approximate surface area is 325 Å². The molecule has 0 radical (unpaired) electrons. The standard InChI is InChI=1S/C56H36/c1-3-12-45-35(8-1)17-19-44-31-40(22-25-47(44)45)38-10-7-11-39(30-38)42-23-28-52-53-29-24-43(34-56(53)49-15-6-5-14-48(49)55(52)33-42)41-18-16-37-21-26-50-46-13-4-2-9-36(46)20-27-51(50)54(37)32-41/h1-16,18,20-34H,17,19H2. The van der Waals surface area contributed by atoms with Gasteiger partial charge in [0.25, 0.3) is 0 Å². The molecule has 0 N–H and O–H groups in total. The summed E-state index contributed by atoms with van der Waals surface area (Å²) in [7, 11) is 0. The highest BCUT2D eigenvalue weighted by atomic mass is 14.2. The van der Waals surface area contributed by atoms with Crippen LogP contribution in [-0.2, 0) is 12.8 Å². The first kappa shape index (κ1) is 31.3. The molecule has 0 aromatic heterocycles. The van der Waals surface area contributed by atoms with Crippen LogP contribution in [0.1, 0.15) is 11.1 Å². The van der Waals surface area contributed by atoms with Gasteiger partial charge in [-0.3, -0.25) is 0 Å². The topological polar surface area (TPSA) is 0 Å². The van der Waals surface area contributed by atoms with Crippen LogP contribution in [0.4, 0.5) is 0 Å². The Hall–Kier alpha value is -7.02. The molecule has 12 rings (SSSR count). The van der Waals surface area contributed by atoms with Gasteiger partial charge >= 0.3 is 0 Å². The van der Waals surface area contributed by atoms with Gasteiger partial charge in [0.15, 0.2) is 0 Å². The number of rotatable bonds is 3. The fourth-order valence-electron chi connectivity index (χ4n) is 9.71. The molecule has 0 spiro atoms. The molecule has 1 aliphatic rings. The van der Waals surface area contributed by atoms with Crippen LogP contribution in [0.2, 0.25) is 0 Å². The second-order valence-corrected chi connectivity index (χ2v) is 15.6. The normalized spacial score (nSPS) is 12.5. The van der Waals surface area contributed by atoms with Gasteiger partial charge in [-0.15, -0.1) is 0 Å². The molecule has 0 unspecified atom stereocenters. The Morgan fingerprint density at radius 3 is 1.38 bits per heavy atom. The van der Waals surface area contributed by atoms with E-state index < -0.39 is 0 Å². The van der Waals surface area contributed by atoms with Gasteiger partial charge in [-0.25, -0.2) is 0 Å². The number of hydrogen-bond donors (Lipinski definition) is 0. The lowest BCUT2D eigenvalue weighted by Crippen LogP contribution is -2.03. The molecule has 56 heavy (non-hydrogen) atoms. The zero-order valence-electron chi connectivity index (χ0n) is 30.9. The fraction of sp³-hybridized carbons (Fsp3) is 0.0357. The summed E-state index contributed by atoms with van der Waals surface area (Å²) in [6.07, 6.45) is 2.19. The van der Waals surface area contributed by atoms with Crippen molar-refractivity contribution < 1.29 is 0 Å². The van der Waals surface area contributed by atoms with Crippen molar-refractivity contribution in [1.82, 2.24) is 0 Å². The third-order valence-electron chi connectivity index (χ3n) is 12.5. The minimum atomic E-state index is 1.09. The lowest BCUT2D eigenvalue weighted by Gasteiger charge is -2.20. The Morgan fingerprint density at radius 2 is 0.643 bits per heavy atom. The van der Waals surface area contributed by atoms with Crippen LogP contribution < -0.4 is 0 Å². The Kier molecular flexibility index (Phi) is 6.86. The van der Waals surface area contributed by atoms with Gasteiger partial charge in [0.2, 0.25) is 0 Å². The highest BCUT2D eigenvalue weighted by Gasteiger charge is 2.17. The number of aryl methyl sites for hydroxylation is 2. The van der Waals surface area contributed by atoms with Gasteiger partial charge in [0.05, 0.1) is 0 Å². The summed E-state index contributed by atoms with van der Waals surface area (Å²) in [5.41, 5.74) is 13.2. The number of fused-ring (bicyclic) bond motifs is 14. The fourth-order valence-corrected chi connectivity index (χ4v) is 9.71. The number of hydrogen-bond acceptors (Lipinski definition) is 0. The van der Waals surface area contributed by atoms with Crippen LogP contribution in [0.3, 0.4) is 0 Å². The van der Waals surface area contributed by atoms with E-state index in [0.29, 0.717) is 0 Å². The molecule has 1 aliphatic carbocycles. The molecule has 260 valence electrons. The largest absolute Gasteiger partial charge is 0.0620 e. The molecule has 0 amide bonds. The van der Waals surface area contributed by atoms with E-state index in [1.807, 2.05) is 0 Å². The minimum absolute atomic E-state index is 1.09. The first-order valence-electron chi connectivity index (χ1n) is 19.8. The molecule has 0 heteroatoms. The molecule has 0 nitrogen and oxygen atoms in total. The molecule has 0 saturated heterocycles. The van der Waals surface area contributed by atoms with E-state index in [0.717, 1.165) is 12.8 Å². The summed E-state index contributed by atoms with van der Waals surface area (Å²) < 4.78 is 0. The predicted molar refractivity (Wildman–Crippen MR) is 241 cm³/mol. The molecule has 0 fully saturated rings. The summed E-state index contributed by atoms with van der Waals surface area (Å²) in [6, 6.07) is 72.8. The number of benzene rings is 11. The first-order chi connectivity index (χ1) is 27.7. The maximum Gasteiger partial charge on any atom is -0.00928 e. The van der Waals surface area contributed by atoms with Gasteiger partial charge in [-0.2, -0.15) is 0 Å². The lowest BCUT2D eigenvalue weighted by atomic mass is 9.84. The summed E-state index contributed by atoms with van der Waals surface area (Å²) in [6.45, 7) is 0. The van der Waals surface area contributed by atoms with Gasteiger partial charge < -0.3 is 0 Å². The van der Waals surface area contributed by atoms with Crippen LogP contribution in [0.25, 0.3) is 109 Å². The van der Waals surface area contributed by atoms with E-state index in [1.54, 1.807) is 0 Å². The van der Waals surface area contributed by atoms with Crippen LogP contribution in [0, 0.1) is 0 Å². The molecular weight excluding hydrogens is 673 g/mol. The highest BCUT2D eigenvalue weighted by molar-refractivity contribution is 6.26. The molecule has 0 aliphatic heterocycles. The van der Waals surface area contributed by atoms with Crippen LogP contribution in [0.5, 0.6) is 0 Å². The smallest absolute Gasteiger partial charge is 0.00928 e. The van der Waals surface area contributed by atoms with Crippen molar-refractivity contribution in [2.45, 2.75) is 12.8 Å². The first-order valence-corrected chi connectivity index (χ1v) is 19.8. The Balaban J connectivity index is 0.957. The van der Waals surface area contributed by atoms with Crippen molar-refractivity contribution in [3.8, 4) is 44.5 Å². The highest BCUT2D eigenvalue weighted by Crippen LogP contribution is 2.41. The summed E-state index contributed by atoms with van der Waals surface area (Å²) in [5, 5.41) is 15.5. The van der Waals surface area contributed by atoms with E-state index in [2.05, 4.69) is 194 Å². The Bertz CT molecular complexity index is 3400. The molecule has 11 aromatic carbocycles. The van der Waals surface area contributed by atoms with E-state index in [-0.39, 0.29) is 0 Å². The molecular formula is C56H36. The van der Waals surface area contributed by atoms with Crippen LogP contribution in [0.15, 0.2) is 194 Å². The van der Waals surface area contributed by atoms with Gasteiger partial charge in [0.1, 0.15) is 0 Å². The molecule has 11 aromatic rings. The monoisotopic (exact) mass is 708 g/mol. The zero-order chi connectivity index (χ0) is 36.7. The third-order valence-corrected chi connectivity index (χ3v) is 12.5. The van der Waals surface area contributed by atoms with E-state index in [1.165, 1.54) is 120 Å². The van der Waals surface area contributed by atoms with Crippen molar-refractivity contribution in [3.63, 3.8) is 0 Å². The second-order valence-electron chi connectivity index (χ2n) is 15.6. The van der Waals surface area contributed by atoms with Gasteiger partial charge in [0, 0.05) is 0 Å². The summed E-state index contributed by atoms with van der Waals surface area (Å²) in [5.74, 6) is 0. The molecule has 0 bridgehead atoms. The Morgan fingerprint density at radius 1 is 0.214 bits per heavy atom. The van der Waals surface area contributed by atoms with Gasteiger partial charge in [-0.05, 0) is 157 Å². The minimum Gasteiger partial charge on any atom is -0.0620 e. The average Bonchev–Trinajstić information content (AvgIpc) is 3.28. The molecule has 0 heterocycles. The van der Waals surface area contributed by atoms with E-state index in [9.17, 15) is 0 Å². The maximum absolute atomic E-state index is 2.42. The third kappa shape index (κ3) is 4.86. The van der Waals surface area contributed by atoms with Crippen molar-refractivity contribution >= 4 is 64.6 Å². The predicted octanol–water partition coefficient (Wildman–Crippen LogP) is 15.4. The van der Waals surface area contributed by atoms with Crippen molar-refractivity contribution in [2.75, 3.05) is 0 Å². The SMILES string of the molecule is c1cc(-c2ccc3c(c2)CCc2ccccc2-3)cc(-c2ccc3c4ccc(-c5ccc6ccc7c8ccccc8ccc7c6c5)cc4c4ccccc4c3c2)c1. The second kappa shape index (κ2) is 12.2. The quantitative estimate of drug-likeness (QED) is 0.160. The van der Waals surface area contributed by atoms with Crippen molar-refractivity contribution in [2.24, 2.45) is 0 Å². The van der Waals surface area contributed by atoms with Gasteiger partial charge in [-0.1, -0.05) is 170 Å². The van der Waals surface area contributed by atoms with Crippen molar-refractivity contribution in [3.05, 3.63) is 205 Å². The lowest BCUT2D eigenvalue weighted by molar-refractivity contribution is 0.942. The molecule has 0 atom stereocenters. The van der Waals surface area contributed by atoms with E-state index in [4.69, 9.17) is 0 Å². The van der Waals surface area contributed by atoms with Crippen LogP contribution in [-0.4, -0.2) is 0 Å². The summed E-state index contributed by atoms with van der Waals surface area (Å²) >= 11 is 0. The maximum atomic E-state index is 2.42. The van der Waals surface area contributed by atoms with E-state index >= 15 is 0 Å². The van der Waals surface area contributed by atoms with Crippen LogP contribution >= 0.6 is 0 Å². The zero-order valence-corrected chi connectivity index (χ0v) is 30.9. The molecule has 0 saturated carbocycles. The average molecular weight is 709 g/mol. The van der Waals surface area contributed by atoms with Crippen molar-refractivity contribution in [1.29, 1.82) is 0 Å². The summed E-state index contributed by atoms with van der Waals surface area (Å²) in [4.78, 5) is 0.